The summed E-state index contributed by atoms with van der Waals surface area (Å²) < 4.78 is 0. The minimum atomic E-state index is 0.728. The molecule has 1 aliphatic carbocycles. The van der Waals surface area contributed by atoms with Crippen LogP contribution in [0.15, 0.2) is 0 Å². The molecule has 0 spiro atoms. The van der Waals surface area contributed by atoms with Gasteiger partial charge in [0.05, 0.1) is 0 Å². The van der Waals surface area contributed by atoms with Gasteiger partial charge in [0.15, 0.2) is 0 Å². The molecule has 78 valence electrons. The Morgan fingerprint density at radius 3 is 2.23 bits per heavy atom. The van der Waals surface area contributed by atoms with Gasteiger partial charge >= 0.3 is 0 Å². The molecule has 0 heteroatoms. The van der Waals surface area contributed by atoms with Crippen molar-refractivity contribution in [1.29, 1.82) is 0 Å². The van der Waals surface area contributed by atoms with E-state index in [0.717, 1.165) is 5.41 Å². The predicted octanol–water partition coefficient (Wildman–Crippen LogP) is 4.93. The zero-order valence-electron chi connectivity index (χ0n) is 9.57. The number of hydrogen-bond donors (Lipinski definition) is 0. The van der Waals surface area contributed by atoms with E-state index in [1.807, 2.05) is 0 Å². The van der Waals surface area contributed by atoms with Gasteiger partial charge in [-0.25, -0.2) is 0 Å². The molecule has 0 aromatic rings. The van der Waals surface area contributed by atoms with Gasteiger partial charge in [-0.15, -0.1) is 0 Å². The van der Waals surface area contributed by atoms with Crippen molar-refractivity contribution in [2.45, 2.75) is 78.1 Å². The fourth-order valence-corrected chi connectivity index (χ4v) is 2.63. The lowest BCUT2D eigenvalue weighted by Gasteiger charge is -2.33. The van der Waals surface area contributed by atoms with Crippen molar-refractivity contribution in [2.75, 3.05) is 0 Å². The van der Waals surface area contributed by atoms with Crippen molar-refractivity contribution in [1.82, 2.24) is 0 Å². The maximum Gasteiger partial charge on any atom is -0.0326 e. The molecular formula is C13H26. The number of hydrogen-bond acceptors (Lipinski definition) is 0. The first-order chi connectivity index (χ1) is 6.27. The second-order valence-corrected chi connectivity index (χ2v) is 5.18. The van der Waals surface area contributed by atoms with Gasteiger partial charge in [-0.05, 0) is 24.7 Å². The summed E-state index contributed by atoms with van der Waals surface area (Å²) in [5, 5.41) is 0. The summed E-state index contributed by atoms with van der Waals surface area (Å²) in [5.74, 6) is 0. The Bertz CT molecular complexity index is 120. The molecule has 13 heavy (non-hydrogen) atoms. The first kappa shape index (κ1) is 11.1. The van der Waals surface area contributed by atoms with Gasteiger partial charge in [0.2, 0.25) is 0 Å². The number of rotatable bonds is 5. The summed E-state index contributed by atoms with van der Waals surface area (Å²) in [6, 6.07) is 0. The van der Waals surface area contributed by atoms with Crippen molar-refractivity contribution < 1.29 is 0 Å². The summed E-state index contributed by atoms with van der Waals surface area (Å²) in [6.07, 6.45) is 14.7. The largest absolute Gasteiger partial charge is 0.0654 e. The molecule has 0 nitrogen and oxygen atoms in total. The molecule has 0 radical (unpaired) electrons. The predicted molar refractivity (Wildman–Crippen MR) is 60.0 cm³/mol. The molecule has 0 heterocycles. The number of unbranched alkanes of at least 4 members (excludes halogenated alkanes) is 3. The highest BCUT2D eigenvalue weighted by molar-refractivity contribution is 4.78. The maximum absolute atomic E-state index is 2.51. The first-order valence-corrected chi connectivity index (χ1v) is 6.27. The highest BCUT2D eigenvalue weighted by atomic mass is 14.3. The maximum atomic E-state index is 2.51. The van der Waals surface area contributed by atoms with E-state index in [4.69, 9.17) is 0 Å². The second kappa shape index (κ2) is 5.67. The molecule has 1 aliphatic rings. The van der Waals surface area contributed by atoms with Crippen LogP contribution in [0, 0.1) is 5.41 Å². The van der Waals surface area contributed by atoms with E-state index in [-0.39, 0.29) is 0 Å². The van der Waals surface area contributed by atoms with Crippen LogP contribution in [-0.4, -0.2) is 0 Å². The van der Waals surface area contributed by atoms with Gasteiger partial charge in [-0.2, -0.15) is 0 Å². The van der Waals surface area contributed by atoms with Crippen LogP contribution in [0.4, 0.5) is 0 Å². The SMILES string of the molecule is CCCCCCC1(C)CCCCC1. The normalized spacial score (nSPS) is 21.7. The fraction of sp³-hybridized carbons (Fsp3) is 1.00. The van der Waals surface area contributed by atoms with E-state index in [0.29, 0.717) is 0 Å². The Morgan fingerprint density at radius 2 is 1.62 bits per heavy atom. The van der Waals surface area contributed by atoms with Gasteiger partial charge in [0, 0.05) is 0 Å². The van der Waals surface area contributed by atoms with Crippen LogP contribution < -0.4 is 0 Å². The molecule has 0 atom stereocenters. The molecule has 0 N–H and O–H groups in total. The Labute approximate surface area is 84.1 Å². The van der Waals surface area contributed by atoms with E-state index in [9.17, 15) is 0 Å². The summed E-state index contributed by atoms with van der Waals surface area (Å²) in [7, 11) is 0. The average Bonchev–Trinajstić information content (AvgIpc) is 2.14. The smallest absolute Gasteiger partial charge is 0.0326 e. The van der Waals surface area contributed by atoms with E-state index in [1.54, 1.807) is 0 Å². The van der Waals surface area contributed by atoms with Gasteiger partial charge in [0.25, 0.3) is 0 Å². The van der Waals surface area contributed by atoms with Crippen molar-refractivity contribution in [3.05, 3.63) is 0 Å². The van der Waals surface area contributed by atoms with Crippen molar-refractivity contribution in [2.24, 2.45) is 5.41 Å². The third-order valence-electron chi connectivity index (χ3n) is 3.69. The minimum Gasteiger partial charge on any atom is -0.0654 e. The molecule has 1 fully saturated rings. The van der Waals surface area contributed by atoms with Crippen LogP contribution >= 0.6 is 0 Å². The molecule has 0 saturated heterocycles. The van der Waals surface area contributed by atoms with Gasteiger partial charge < -0.3 is 0 Å². The van der Waals surface area contributed by atoms with Crippen molar-refractivity contribution in [3.8, 4) is 0 Å². The summed E-state index contributed by atoms with van der Waals surface area (Å²) in [6.45, 7) is 4.81. The van der Waals surface area contributed by atoms with E-state index in [2.05, 4.69) is 13.8 Å². The summed E-state index contributed by atoms with van der Waals surface area (Å²) in [4.78, 5) is 0. The molecule has 0 amide bonds. The van der Waals surface area contributed by atoms with Crippen LogP contribution in [0.3, 0.4) is 0 Å². The Hall–Kier alpha value is 0. The molecule has 0 aromatic carbocycles. The zero-order chi connectivity index (χ0) is 9.57. The van der Waals surface area contributed by atoms with Crippen LogP contribution in [-0.2, 0) is 0 Å². The van der Waals surface area contributed by atoms with Gasteiger partial charge in [-0.1, -0.05) is 58.8 Å². The Kier molecular flexibility index (Phi) is 4.83. The lowest BCUT2D eigenvalue weighted by Crippen LogP contribution is -2.19. The van der Waals surface area contributed by atoms with E-state index in [1.165, 1.54) is 64.2 Å². The van der Waals surface area contributed by atoms with Gasteiger partial charge in [0.1, 0.15) is 0 Å². The molecule has 0 aromatic heterocycles. The Morgan fingerprint density at radius 1 is 0.923 bits per heavy atom. The first-order valence-electron chi connectivity index (χ1n) is 6.27. The highest BCUT2D eigenvalue weighted by Gasteiger charge is 2.25. The fourth-order valence-electron chi connectivity index (χ4n) is 2.63. The average molecular weight is 182 g/mol. The van der Waals surface area contributed by atoms with E-state index >= 15 is 0 Å². The van der Waals surface area contributed by atoms with Crippen molar-refractivity contribution in [3.63, 3.8) is 0 Å². The third-order valence-corrected chi connectivity index (χ3v) is 3.69. The topological polar surface area (TPSA) is 0 Å². The van der Waals surface area contributed by atoms with Crippen molar-refractivity contribution >= 4 is 0 Å². The van der Waals surface area contributed by atoms with Crippen LogP contribution in [0.1, 0.15) is 78.1 Å². The molecular weight excluding hydrogens is 156 g/mol. The molecule has 0 aliphatic heterocycles. The molecule has 0 unspecified atom stereocenters. The highest BCUT2D eigenvalue weighted by Crippen LogP contribution is 2.39. The minimum absolute atomic E-state index is 0.728. The van der Waals surface area contributed by atoms with Crippen LogP contribution in [0.2, 0.25) is 0 Å². The summed E-state index contributed by atoms with van der Waals surface area (Å²) in [5.41, 5.74) is 0.728. The molecule has 0 bridgehead atoms. The zero-order valence-corrected chi connectivity index (χ0v) is 9.57. The second-order valence-electron chi connectivity index (χ2n) is 5.18. The lowest BCUT2D eigenvalue weighted by molar-refractivity contribution is 0.192. The van der Waals surface area contributed by atoms with Crippen LogP contribution in [0.25, 0.3) is 0 Å². The van der Waals surface area contributed by atoms with Crippen LogP contribution in [0.5, 0.6) is 0 Å². The molecule has 1 rings (SSSR count). The quantitative estimate of drug-likeness (QED) is 0.529. The monoisotopic (exact) mass is 182 g/mol. The lowest BCUT2D eigenvalue weighted by atomic mass is 9.72. The third kappa shape index (κ3) is 4.15. The van der Waals surface area contributed by atoms with Gasteiger partial charge in [-0.3, -0.25) is 0 Å². The standard InChI is InChI=1S/C13H26/c1-3-4-5-7-10-13(2)11-8-6-9-12-13/h3-12H2,1-2H3. The van der Waals surface area contributed by atoms with E-state index < -0.39 is 0 Å². The Balaban J connectivity index is 2.10. The summed E-state index contributed by atoms with van der Waals surface area (Å²) >= 11 is 0. The molecule has 1 saturated carbocycles.